The van der Waals surface area contributed by atoms with Gasteiger partial charge in [-0.05, 0) is 68.7 Å². The molecular formula is C23H30ClNO5S. The summed E-state index contributed by atoms with van der Waals surface area (Å²) in [6.07, 6.45) is 1.26. The molecule has 2 aromatic carbocycles. The number of carbonyl (C=O) groups excluding carboxylic acids is 1. The van der Waals surface area contributed by atoms with Gasteiger partial charge in [0.25, 0.3) is 0 Å². The first-order valence-corrected chi connectivity index (χ1v) is 12.3. The van der Waals surface area contributed by atoms with Crippen LogP contribution in [0.3, 0.4) is 0 Å². The molecule has 0 saturated heterocycles. The van der Waals surface area contributed by atoms with Crippen LogP contribution < -0.4 is 19.5 Å². The first-order valence-electron chi connectivity index (χ1n) is 10.4. The molecular weight excluding hydrogens is 438 g/mol. The van der Waals surface area contributed by atoms with E-state index in [4.69, 9.17) is 25.8 Å². The smallest absolute Gasteiger partial charge is 0.232 e. The molecule has 0 bridgehead atoms. The van der Waals surface area contributed by atoms with Gasteiger partial charge in [0, 0.05) is 28.1 Å². The van der Waals surface area contributed by atoms with Crippen molar-refractivity contribution in [1.82, 2.24) is 5.32 Å². The van der Waals surface area contributed by atoms with Crippen LogP contribution in [0.1, 0.15) is 25.8 Å². The molecule has 0 radical (unpaired) electrons. The van der Waals surface area contributed by atoms with Crippen molar-refractivity contribution in [1.29, 1.82) is 0 Å². The van der Waals surface area contributed by atoms with E-state index in [0.29, 0.717) is 61.5 Å². The third-order valence-electron chi connectivity index (χ3n) is 4.23. The Hall–Kier alpha value is -2.25. The Bertz CT molecular complexity index is 844. The molecule has 2 aromatic rings. The number of hydrogen-bond acceptors (Lipinski definition) is 5. The minimum atomic E-state index is -1.22. The number of rotatable bonds is 14. The molecule has 0 fully saturated rings. The maximum atomic E-state index is 12.1. The van der Waals surface area contributed by atoms with Crippen LogP contribution in [0.15, 0.2) is 42.5 Å². The van der Waals surface area contributed by atoms with Crippen molar-refractivity contribution < 1.29 is 23.2 Å². The fourth-order valence-electron chi connectivity index (χ4n) is 2.81. The normalized spacial score (nSPS) is 11.6. The molecule has 6 nitrogen and oxygen atoms in total. The Labute approximate surface area is 191 Å². The van der Waals surface area contributed by atoms with Gasteiger partial charge in [-0.25, -0.2) is 0 Å². The van der Waals surface area contributed by atoms with Gasteiger partial charge in [0.05, 0.1) is 19.8 Å². The largest absolute Gasteiger partial charge is 0.494 e. The highest BCUT2D eigenvalue weighted by Gasteiger charge is 2.09. The van der Waals surface area contributed by atoms with E-state index in [1.807, 2.05) is 32.0 Å². The van der Waals surface area contributed by atoms with Crippen LogP contribution in [0.2, 0.25) is 5.02 Å². The standard InChI is InChI=1S/C23H30ClNO5S/c1-3-28-21-11-6-18(16-22(21)29-4-2)12-13-25-23(26)17-31(27)15-5-14-30-20-9-7-19(24)8-10-20/h6-11,16H,3-5,12-15,17H2,1-2H3,(H,25,26)/t31-/m1/s1. The first-order chi connectivity index (χ1) is 15.0. The number of nitrogens with one attached hydrogen (secondary N) is 1. The van der Waals surface area contributed by atoms with Crippen LogP contribution in [0.25, 0.3) is 0 Å². The summed E-state index contributed by atoms with van der Waals surface area (Å²) < 4.78 is 28.9. The maximum absolute atomic E-state index is 12.1. The van der Waals surface area contributed by atoms with Crippen molar-refractivity contribution >= 4 is 28.3 Å². The second-order valence-corrected chi connectivity index (χ2v) is 8.70. The highest BCUT2D eigenvalue weighted by molar-refractivity contribution is 7.85. The van der Waals surface area contributed by atoms with Crippen LogP contribution in [0, 0.1) is 0 Å². The summed E-state index contributed by atoms with van der Waals surface area (Å²) in [4.78, 5) is 12.0. The van der Waals surface area contributed by atoms with Crippen molar-refractivity contribution in [3.05, 3.63) is 53.1 Å². The highest BCUT2D eigenvalue weighted by Crippen LogP contribution is 2.28. The summed E-state index contributed by atoms with van der Waals surface area (Å²) in [5.74, 6) is 2.33. The van der Waals surface area contributed by atoms with Crippen LogP contribution >= 0.6 is 11.6 Å². The molecule has 2 rings (SSSR count). The molecule has 0 aliphatic rings. The lowest BCUT2D eigenvalue weighted by Gasteiger charge is -2.12. The van der Waals surface area contributed by atoms with E-state index in [2.05, 4.69) is 5.32 Å². The van der Waals surface area contributed by atoms with Gasteiger partial charge in [-0.3, -0.25) is 9.00 Å². The minimum Gasteiger partial charge on any atom is -0.494 e. The van der Waals surface area contributed by atoms with Gasteiger partial charge in [-0.15, -0.1) is 0 Å². The van der Waals surface area contributed by atoms with Crippen molar-refractivity contribution in [3.63, 3.8) is 0 Å². The number of ether oxygens (including phenoxy) is 3. The molecule has 1 N–H and O–H groups in total. The lowest BCUT2D eigenvalue weighted by molar-refractivity contribution is -0.118. The quantitative estimate of drug-likeness (QED) is 0.425. The third-order valence-corrected chi connectivity index (χ3v) is 5.81. The number of benzene rings is 2. The van der Waals surface area contributed by atoms with E-state index in [1.165, 1.54) is 0 Å². The van der Waals surface area contributed by atoms with Crippen LogP contribution in [0.5, 0.6) is 17.2 Å². The average Bonchev–Trinajstić information content (AvgIpc) is 2.74. The zero-order valence-corrected chi connectivity index (χ0v) is 19.6. The van der Waals surface area contributed by atoms with E-state index in [9.17, 15) is 9.00 Å². The van der Waals surface area contributed by atoms with Crippen LogP contribution in [-0.4, -0.2) is 48.0 Å². The van der Waals surface area contributed by atoms with E-state index >= 15 is 0 Å². The number of carbonyl (C=O) groups is 1. The van der Waals surface area contributed by atoms with Gasteiger partial charge in [0.15, 0.2) is 11.5 Å². The second kappa shape index (κ2) is 13.9. The van der Waals surface area contributed by atoms with E-state index < -0.39 is 10.8 Å². The van der Waals surface area contributed by atoms with Crippen molar-refractivity contribution in [2.24, 2.45) is 0 Å². The van der Waals surface area contributed by atoms with E-state index in [0.717, 1.165) is 11.3 Å². The summed E-state index contributed by atoms with van der Waals surface area (Å²) >= 11 is 5.83. The molecule has 0 aliphatic heterocycles. The molecule has 1 amide bonds. The van der Waals surface area contributed by atoms with Crippen LogP contribution in [-0.2, 0) is 22.0 Å². The monoisotopic (exact) mass is 467 g/mol. The van der Waals surface area contributed by atoms with Gasteiger partial charge in [0.2, 0.25) is 5.91 Å². The van der Waals surface area contributed by atoms with Crippen LogP contribution in [0.4, 0.5) is 0 Å². The molecule has 31 heavy (non-hydrogen) atoms. The maximum Gasteiger partial charge on any atom is 0.232 e. The van der Waals surface area contributed by atoms with Gasteiger partial charge >= 0.3 is 0 Å². The fourth-order valence-corrected chi connectivity index (χ4v) is 3.91. The van der Waals surface area contributed by atoms with Crippen molar-refractivity contribution in [2.45, 2.75) is 26.7 Å². The lowest BCUT2D eigenvalue weighted by Crippen LogP contribution is -2.30. The Morgan fingerprint density at radius 1 is 1.00 bits per heavy atom. The number of hydrogen-bond donors (Lipinski definition) is 1. The molecule has 0 aromatic heterocycles. The van der Waals surface area contributed by atoms with Gasteiger partial charge in [-0.2, -0.15) is 0 Å². The summed E-state index contributed by atoms with van der Waals surface area (Å²) in [6, 6.07) is 12.8. The highest BCUT2D eigenvalue weighted by atomic mass is 35.5. The van der Waals surface area contributed by atoms with E-state index in [-0.39, 0.29) is 11.7 Å². The van der Waals surface area contributed by atoms with Gasteiger partial charge in [0.1, 0.15) is 11.5 Å². The predicted octanol–water partition coefficient (Wildman–Crippen LogP) is 4.01. The molecule has 0 saturated carbocycles. The lowest BCUT2D eigenvalue weighted by atomic mass is 10.1. The minimum absolute atomic E-state index is 0.00554. The zero-order valence-electron chi connectivity index (χ0n) is 18.0. The zero-order chi connectivity index (χ0) is 22.5. The Morgan fingerprint density at radius 3 is 2.42 bits per heavy atom. The van der Waals surface area contributed by atoms with E-state index in [1.54, 1.807) is 24.3 Å². The topological polar surface area (TPSA) is 73.9 Å². The Balaban J connectivity index is 1.65. The molecule has 0 heterocycles. The average molecular weight is 468 g/mol. The van der Waals surface area contributed by atoms with Crippen molar-refractivity contribution in [3.8, 4) is 17.2 Å². The van der Waals surface area contributed by atoms with Gasteiger partial charge in [-0.1, -0.05) is 17.7 Å². The predicted molar refractivity (Wildman–Crippen MR) is 125 cm³/mol. The fraction of sp³-hybridized carbons (Fsp3) is 0.435. The SMILES string of the molecule is CCOc1ccc(CCNC(=O)C[S@](=O)CCCOc2ccc(Cl)cc2)cc1OCC. The molecule has 170 valence electrons. The number of halogens is 1. The summed E-state index contributed by atoms with van der Waals surface area (Å²) in [6.45, 7) is 5.88. The summed E-state index contributed by atoms with van der Waals surface area (Å²) in [5.41, 5.74) is 1.03. The number of amides is 1. The molecule has 8 heteroatoms. The summed E-state index contributed by atoms with van der Waals surface area (Å²) in [5, 5.41) is 3.48. The Morgan fingerprint density at radius 2 is 1.71 bits per heavy atom. The molecule has 0 spiro atoms. The molecule has 0 unspecified atom stereocenters. The first kappa shape index (κ1) is 25.0. The Kier molecular flexibility index (Phi) is 11.2. The summed E-state index contributed by atoms with van der Waals surface area (Å²) in [7, 11) is -1.22. The van der Waals surface area contributed by atoms with Gasteiger partial charge < -0.3 is 19.5 Å². The second-order valence-electron chi connectivity index (χ2n) is 6.69. The molecule has 1 atom stereocenters. The van der Waals surface area contributed by atoms with Crippen molar-refractivity contribution in [2.75, 3.05) is 37.9 Å². The molecule has 0 aliphatic carbocycles. The third kappa shape index (κ3) is 9.61.